The largest absolute Gasteiger partial charge is 0.480 e. The zero-order valence-corrected chi connectivity index (χ0v) is 11.5. The SMILES string of the molecule is COc1ncccc1NC(=O)N[C@H](C)c1nncn1C. The standard InChI is InChI=1S/C12H16N6O2/c1-8(10-17-14-7-18(10)2)15-12(19)16-9-5-4-6-13-11(9)20-3/h4-8H,1-3H3,(H2,15,16,19)/t8-/m1/s1. The normalized spacial score (nSPS) is 11.8. The lowest BCUT2D eigenvalue weighted by Gasteiger charge is -2.14. The van der Waals surface area contributed by atoms with Crippen LogP contribution in [0.5, 0.6) is 5.88 Å². The van der Waals surface area contributed by atoms with E-state index in [0.717, 1.165) is 0 Å². The Morgan fingerprint density at radius 2 is 2.30 bits per heavy atom. The number of aromatic nitrogens is 4. The average molecular weight is 276 g/mol. The molecule has 0 aromatic carbocycles. The van der Waals surface area contributed by atoms with E-state index in [2.05, 4.69) is 25.8 Å². The number of carbonyl (C=O) groups is 1. The van der Waals surface area contributed by atoms with Gasteiger partial charge in [0.15, 0.2) is 5.82 Å². The third kappa shape index (κ3) is 3.02. The van der Waals surface area contributed by atoms with E-state index in [1.54, 1.807) is 29.2 Å². The maximum atomic E-state index is 11.9. The Morgan fingerprint density at radius 3 is 2.95 bits per heavy atom. The van der Waals surface area contributed by atoms with Crippen molar-refractivity contribution in [3.8, 4) is 5.88 Å². The van der Waals surface area contributed by atoms with Crippen molar-refractivity contribution in [1.82, 2.24) is 25.1 Å². The molecule has 2 aromatic rings. The molecular weight excluding hydrogens is 260 g/mol. The van der Waals surface area contributed by atoms with Crippen LogP contribution < -0.4 is 15.4 Å². The molecular formula is C12H16N6O2. The molecule has 0 bridgehead atoms. The van der Waals surface area contributed by atoms with Gasteiger partial charge >= 0.3 is 6.03 Å². The predicted molar refractivity (Wildman–Crippen MR) is 72.4 cm³/mol. The minimum absolute atomic E-state index is 0.273. The van der Waals surface area contributed by atoms with Crippen molar-refractivity contribution in [1.29, 1.82) is 0 Å². The molecule has 8 heteroatoms. The van der Waals surface area contributed by atoms with Crippen molar-refractivity contribution in [3.05, 3.63) is 30.5 Å². The van der Waals surface area contributed by atoms with Crippen LogP contribution in [0.25, 0.3) is 0 Å². The molecule has 2 amide bonds. The third-order valence-corrected chi connectivity index (χ3v) is 2.69. The van der Waals surface area contributed by atoms with E-state index >= 15 is 0 Å². The van der Waals surface area contributed by atoms with Crippen molar-refractivity contribution >= 4 is 11.7 Å². The summed E-state index contributed by atoms with van der Waals surface area (Å²) in [5, 5.41) is 13.2. The number of hydrogen-bond donors (Lipinski definition) is 2. The smallest absolute Gasteiger partial charge is 0.319 e. The Kier molecular flexibility index (Phi) is 4.14. The molecule has 0 aliphatic carbocycles. The van der Waals surface area contributed by atoms with Crippen LogP contribution in [-0.2, 0) is 7.05 Å². The molecule has 0 fully saturated rings. The molecule has 0 radical (unpaired) electrons. The van der Waals surface area contributed by atoms with Crippen LogP contribution in [0.15, 0.2) is 24.7 Å². The Morgan fingerprint density at radius 1 is 1.50 bits per heavy atom. The first-order valence-corrected chi connectivity index (χ1v) is 6.02. The van der Waals surface area contributed by atoms with E-state index in [9.17, 15) is 4.79 Å². The van der Waals surface area contributed by atoms with Crippen molar-refractivity contribution in [2.75, 3.05) is 12.4 Å². The highest BCUT2D eigenvalue weighted by Crippen LogP contribution is 2.19. The highest BCUT2D eigenvalue weighted by Gasteiger charge is 2.15. The molecule has 0 saturated carbocycles. The lowest BCUT2D eigenvalue weighted by Crippen LogP contribution is -2.32. The molecule has 106 valence electrons. The summed E-state index contributed by atoms with van der Waals surface area (Å²) in [7, 11) is 3.31. The van der Waals surface area contributed by atoms with Gasteiger partial charge in [0.2, 0.25) is 5.88 Å². The van der Waals surface area contributed by atoms with E-state index in [1.165, 1.54) is 7.11 Å². The van der Waals surface area contributed by atoms with E-state index < -0.39 is 0 Å². The summed E-state index contributed by atoms with van der Waals surface area (Å²) in [6, 6.07) is 2.78. The number of amides is 2. The van der Waals surface area contributed by atoms with Gasteiger partial charge in [-0.05, 0) is 19.1 Å². The number of pyridine rings is 1. The van der Waals surface area contributed by atoms with Gasteiger partial charge < -0.3 is 19.9 Å². The van der Waals surface area contributed by atoms with Gasteiger partial charge in [-0.3, -0.25) is 0 Å². The number of hydrogen-bond acceptors (Lipinski definition) is 5. The molecule has 0 spiro atoms. The summed E-state index contributed by atoms with van der Waals surface area (Å²) >= 11 is 0. The zero-order valence-electron chi connectivity index (χ0n) is 11.5. The first kappa shape index (κ1) is 13.8. The quantitative estimate of drug-likeness (QED) is 0.872. The highest BCUT2D eigenvalue weighted by molar-refractivity contribution is 5.90. The number of urea groups is 1. The van der Waals surface area contributed by atoms with Crippen LogP contribution in [0.3, 0.4) is 0 Å². The minimum atomic E-state index is -0.369. The molecule has 20 heavy (non-hydrogen) atoms. The van der Waals surface area contributed by atoms with Crippen molar-refractivity contribution in [2.24, 2.45) is 7.05 Å². The number of ether oxygens (including phenoxy) is 1. The van der Waals surface area contributed by atoms with Crippen molar-refractivity contribution in [2.45, 2.75) is 13.0 Å². The Balaban J connectivity index is 2.01. The van der Waals surface area contributed by atoms with Crippen LogP contribution in [0.1, 0.15) is 18.8 Å². The van der Waals surface area contributed by atoms with Gasteiger partial charge in [0.1, 0.15) is 12.0 Å². The molecule has 2 heterocycles. The molecule has 8 nitrogen and oxygen atoms in total. The summed E-state index contributed by atoms with van der Waals surface area (Å²) in [5.74, 6) is 1.02. The van der Waals surface area contributed by atoms with Crippen molar-refractivity contribution < 1.29 is 9.53 Å². The molecule has 0 aliphatic heterocycles. The summed E-state index contributed by atoms with van der Waals surface area (Å²) in [4.78, 5) is 15.9. The molecule has 2 aromatic heterocycles. The molecule has 1 atom stereocenters. The molecule has 0 aliphatic rings. The number of rotatable bonds is 4. The predicted octanol–water partition coefficient (Wildman–Crippen LogP) is 1.10. The maximum Gasteiger partial charge on any atom is 0.319 e. The maximum absolute atomic E-state index is 11.9. The Bertz CT molecular complexity index is 597. The lowest BCUT2D eigenvalue weighted by molar-refractivity contribution is 0.248. The first-order chi connectivity index (χ1) is 9.61. The fraction of sp³-hybridized carbons (Fsp3) is 0.333. The van der Waals surface area contributed by atoms with E-state index in [1.807, 2.05) is 14.0 Å². The Hall–Kier alpha value is -2.64. The summed E-state index contributed by atoms with van der Waals surface area (Å²) in [6.45, 7) is 1.82. The van der Waals surface area contributed by atoms with Crippen LogP contribution >= 0.6 is 0 Å². The van der Waals surface area contributed by atoms with E-state index in [-0.39, 0.29) is 12.1 Å². The molecule has 2 rings (SSSR count). The lowest BCUT2D eigenvalue weighted by atomic mass is 10.3. The van der Waals surface area contributed by atoms with Gasteiger partial charge in [0.25, 0.3) is 0 Å². The fourth-order valence-electron chi connectivity index (χ4n) is 1.75. The van der Waals surface area contributed by atoms with Crippen LogP contribution in [0.2, 0.25) is 0 Å². The van der Waals surface area contributed by atoms with Gasteiger partial charge in [-0.1, -0.05) is 0 Å². The number of aryl methyl sites for hydroxylation is 1. The topological polar surface area (TPSA) is 94.0 Å². The second-order valence-electron chi connectivity index (χ2n) is 4.18. The molecule has 2 N–H and O–H groups in total. The van der Waals surface area contributed by atoms with Gasteiger partial charge in [0, 0.05) is 13.2 Å². The number of nitrogens with zero attached hydrogens (tertiary/aromatic N) is 4. The Labute approximate surface area is 116 Å². The third-order valence-electron chi connectivity index (χ3n) is 2.69. The zero-order chi connectivity index (χ0) is 14.5. The number of carbonyl (C=O) groups excluding carboxylic acids is 1. The number of methoxy groups -OCH3 is 1. The second-order valence-corrected chi connectivity index (χ2v) is 4.18. The molecule has 0 unspecified atom stereocenters. The minimum Gasteiger partial charge on any atom is -0.480 e. The number of anilines is 1. The van der Waals surface area contributed by atoms with E-state index in [0.29, 0.717) is 17.4 Å². The van der Waals surface area contributed by atoms with E-state index in [4.69, 9.17) is 4.74 Å². The average Bonchev–Trinajstić information content (AvgIpc) is 2.85. The van der Waals surface area contributed by atoms with Crippen LogP contribution in [0.4, 0.5) is 10.5 Å². The van der Waals surface area contributed by atoms with Crippen LogP contribution in [0, 0.1) is 0 Å². The first-order valence-electron chi connectivity index (χ1n) is 6.02. The summed E-state index contributed by atoms with van der Waals surface area (Å²) < 4.78 is 6.81. The summed E-state index contributed by atoms with van der Waals surface area (Å²) in [6.07, 6.45) is 3.17. The monoisotopic (exact) mass is 276 g/mol. The van der Waals surface area contributed by atoms with Crippen molar-refractivity contribution in [3.63, 3.8) is 0 Å². The highest BCUT2D eigenvalue weighted by atomic mass is 16.5. The second kappa shape index (κ2) is 6.00. The number of nitrogens with one attached hydrogen (secondary N) is 2. The van der Waals surface area contributed by atoms with Gasteiger partial charge in [0.05, 0.1) is 13.2 Å². The van der Waals surface area contributed by atoms with Gasteiger partial charge in [-0.2, -0.15) is 0 Å². The van der Waals surface area contributed by atoms with Gasteiger partial charge in [-0.25, -0.2) is 9.78 Å². The fourth-order valence-corrected chi connectivity index (χ4v) is 1.75. The molecule has 0 saturated heterocycles. The van der Waals surface area contributed by atoms with Gasteiger partial charge in [-0.15, -0.1) is 10.2 Å². The van der Waals surface area contributed by atoms with Crippen LogP contribution in [-0.4, -0.2) is 32.9 Å². The summed E-state index contributed by atoms with van der Waals surface area (Å²) in [5.41, 5.74) is 0.498.